The van der Waals surface area contributed by atoms with Crippen molar-refractivity contribution in [3.63, 3.8) is 0 Å². The molecule has 1 aliphatic carbocycles. The molecule has 170 valence electrons. The average Bonchev–Trinajstić information content (AvgIpc) is 3.55. The zero-order valence-electron chi connectivity index (χ0n) is 16.6. The van der Waals surface area contributed by atoms with Gasteiger partial charge in [-0.2, -0.15) is 0 Å². The first kappa shape index (κ1) is 24.9. The first-order valence-corrected chi connectivity index (χ1v) is 12.9. The van der Waals surface area contributed by atoms with Gasteiger partial charge in [-0.25, -0.2) is 0 Å². The molecular formula is C17H29N3O8P2. The number of hydrogen-bond acceptors (Lipinski definition) is 9. The van der Waals surface area contributed by atoms with Gasteiger partial charge in [0.2, 0.25) is 0 Å². The quantitative estimate of drug-likeness (QED) is 0.173. The van der Waals surface area contributed by atoms with Crippen molar-refractivity contribution in [2.24, 2.45) is 5.92 Å². The van der Waals surface area contributed by atoms with Gasteiger partial charge in [-0.05, 0) is 0 Å². The fraction of sp³-hybridized carbons (Fsp3) is 0.647. The third kappa shape index (κ3) is 7.12. The Morgan fingerprint density at radius 1 is 1.50 bits per heavy atom. The van der Waals surface area contributed by atoms with E-state index in [0.29, 0.717) is 6.41 Å². The Morgan fingerprint density at radius 3 is 2.77 bits per heavy atom. The predicted octanol–water partition coefficient (Wildman–Crippen LogP) is -0.834. The number of rotatable bonds is 11. The fourth-order valence-electron chi connectivity index (χ4n) is 3.00. The van der Waals surface area contributed by atoms with Crippen LogP contribution in [-0.2, 0) is 23.2 Å². The number of ether oxygens (including phenoxy) is 1. The number of nitrogens with zero attached hydrogens (tertiary/aromatic N) is 2. The zero-order chi connectivity index (χ0) is 22.3. The summed E-state index contributed by atoms with van der Waals surface area (Å²) < 4.78 is 15.8. The van der Waals surface area contributed by atoms with E-state index in [4.69, 9.17) is 13.6 Å². The number of carbonyl (C=O) groups excluding carboxylic acids is 2. The van der Waals surface area contributed by atoms with Gasteiger partial charge in [0, 0.05) is 7.05 Å². The molecule has 0 aromatic heterocycles. The molecule has 1 heterocycles. The van der Waals surface area contributed by atoms with Crippen LogP contribution >= 0.6 is 15.9 Å². The molecule has 1 aliphatic heterocycles. The van der Waals surface area contributed by atoms with Crippen LogP contribution in [0.3, 0.4) is 0 Å². The van der Waals surface area contributed by atoms with E-state index in [9.17, 15) is 29.7 Å². The molecule has 2 amide bonds. The number of nitrogens with one attached hydrogen (secondary N) is 1. The number of aliphatic hydroxyl groups is 1. The standard InChI is InChI=1S/C17H29N3O8P2/c1-19-16(22)4-3-7-20(11-21)14-9-26-15(17(23)13(14)8-18)10-27-30(24,25)28-29(2)12-5-6-12/h3-4,11-15,17,23-25,29-30H,2,5-7,9-10H2,1H3,(H,19,22)/b4-3-. The van der Waals surface area contributed by atoms with Crippen LogP contribution < -0.4 is 5.32 Å². The second-order valence-corrected chi connectivity index (χ2v) is 11.1. The summed E-state index contributed by atoms with van der Waals surface area (Å²) in [4.78, 5) is 43.9. The average molecular weight is 465 g/mol. The maximum absolute atomic E-state index is 11.5. The van der Waals surface area contributed by atoms with Crippen LogP contribution in [0.1, 0.15) is 12.8 Å². The summed E-state index contributed by atoms with van der Waals surface area (Å²) in [5.74, 6) is -1.34. The van der Waals surface area contributed by atoms with Crippen molar-refractivity contribution in [2.75, 3.05) is 26.8 Å². The van der Waals surface area contributed by atoms with Gasteiger partial charge in [0.1, 0.15) is 0 Å². The van der Waals surface area contributed by atoms with Gasteiger partial charge < -0.3 is 0 Å². The van der Waals surface area contributed by atoms with Gasteiger partial charge in [0.05, 0.1) is 0 Å². The summed E-state index contributed by atoms with van der Waals surface area (Å²) in [6.45, 7) is -0.416. The molecule has 0 spiro atoms. The van der Waals surface area contributed by atoms with Crippen molar-refractivity contribution in [1.82, 2.24) is 10.2 Å². The monoisotopic (exact) mass is 465 g/mol. The molecule has 5 atom stereocenters. The van der Waals surface area contributed by atoms with Crippen LogP contribution in [0.25, 0.3) is 0 Å². The van der Waals surface area contributed by atoms with E-state index in [1.54, 1.807) is 0 Å². The van der Waals surface area contributed by atoms with Gasteiger partial charge in [-0.15, -0.1) is 0 Å². The minimum absolute atomic E-state index is 0.0452. The summed E-state index contributed by atoms with van der Waals surface area (Å²) in [6, 6.07) is 1.22. The van der Waals surface area contributed by atoms with Gasteiger partial charge >= 0.3 is 169 Å². The molecule has 1 saturated heterocycles. The van der Waals surface area contributed by atoms with E-state index in [0.717, 1.165) is 12.8 Å². The second-order valence-electron chi connectivity index (χ2n) is 7.11. The molecule has 30 heavy (non-hydrogen) atoms. The van der Waals surface area contributed by atoms with E-state index in [-0.39, 0.29) is 31.3 Å². The van der Waals surface area contributed by atoms with E-state index in [1.807, 2.05) is 6.07 Å². The van der Waals surface area contributed by atoms with Crippen LogP contribution in [0, 0.1) is 17.2 Å². The second kappa shape index (κ2) is 11.3. The molecule has 2 aliphatic rings. The maximum atomic E-state index is 11.5. The number of hydrogen-bond donors (Lipinski definition) is 4. The molecule has 0 bridgehead atoms. The van der Waals surface area contributed by atoms with Crippen molar-refractivity contribution < 1.29 is 38.1 Å². The predicted molar refractivity (Wildman–Crippen MR) is 113 cm³/mol. The number of nitriles is 1. The van der Waals surface area contributed by atoms with Crippen LogP contribution in [0.15, 0.2) is 12.2 Å². The van der Waals surface area contributed by atoms with Crippen molar-refractivity contribution in [1.29, 1.82) is 5.26 Å². The van der Waals surface area contributed by atoms with Crippen molar-refractivity contribution >= 4 is 34.6 Å². The van der Waals surface area contributed by atoms with E-state index < -0.39 is 40.1 Å². The molecule has 0 radical (unpaired) electrons. The van der Waals surface area contributed by atoms with Gasteiger partial charge in [0.25, 0.3) is 0 Å². The summed E-state index contributed by atoms with van der Waals surface area (Å²) >= 11 is 0. The summed E-state index contributed by atoms with van der Waals surface area (Å²) in [7, 11) is -4.57. The third-order valence-electron chi connectivity index (χ3n) is 4.92. The topological polar surface area (TPSA) is 162 Å². The van der Waals surface area contributed by atoms with Gasteiger partial charge in [-0.3, -0.25) is 0 Å². The molecule has 11 nitrogen and oxygen atoms in total. The molecular weight excluding hydrogens is 436 g/mol. The molecule has 4 N–H and O–H groups in total. The molecule has 0 aromatic rings. The fourth-order valence-corrected chi connectivity index (χ4v) is 6.46. The van der Waals surface area contributed by atoms with Crippen molar-refractivity contribution in [2.45, 2.75) is 36.8 Å². The summed E-state index contributed by atoms with van der Waals surface area (Å²) in [6.07, 6.45) is 6.60. The molecule has 1 saturated carbocycles. The third-order valence-corrected chi connectivity index (χ3v) is 9.06. The molecule has 5 unspecified atom stereocenters. The van der Waals surface area contributed by atoms with Crippen LogP contribution in [-0.4, -0.2) is 89.1 Å². The minimum atomic E-state index is -4.42. The molecule has 2 rings (SSSR count). The van der Waals surface area contributed by atoms with Gasteiger partial charge in [0.15, 0.2) is 0 Å². The Labute approximate surface area is 176 Å². The van der Waals surface area contributed by atoms with Crippen molar-refractivity contribution in [3.05, 3.63) is 12.2 Å². The SMILES string of the molecule is C=[PH](O[PH](O)(O)OCC1OCC(N(C=O)C/C=C\C(=O)NC)C(C#N)C1O)C1CC1. The van der Waals surface area contributed by atoms with Crippen LogP contribution in [0.2, 0.25) is 0 Å². The number of amides is 2. The Balaban J connectivity index is 1.93. The van der Waals surface area contributed by atoms with E-state index in [2.05, 4.69) is 11.6 Å². The summed E-state index contributed by atoms with van der Waals surface area (Å²) in [5, 5.41) is 22.4. The zero-order valence-corrected chi connectivity index (χ0v) is 18.6. The van der Waals surface area contributed by atoms with Gasteiger partial charge in [-0.1, -0.05) is 0 Å². The first-order valence-electron chi connectivity index (χ1n) is 9.47. The number of carbonyl (C=O) groups is 2. The molecule has 2 fully saturated rings. The Hall–Kier alpha value is -1.34. The Kier molecular flexibility index (Phi) is 9.41. The van der Waals surface area contributed by atoms with E-state index in [1.165, 1.54) is 24.1 Å². The Morgan fingerprint density at radius 2 is 2.20 bits per heavy atom. The molecule has 0 aromatic carbocycles. The summed E-state index contributed by atoms with van der Waals surface area (Å²) in [5.41, 5.74) is 0.275. The van der Waals surface area contributed by atoms with Crippen LogP contribution in [0.5, 0.6) is 0 Å². The van der Waals surface area contributed by atoms with Crippen molar-refractivity contribution in [3.8, 4) is 6.07 Å². The Bertz CT molecular complexity index is 710. The molecule has 13 heteroatoms. The van der Waals surface area contributed by atoms with Crippen LogP contribution in [0.4, 0.5) is 0 Å². The number of aliphatic hydroxyl groups excluding tert-OH is 1. The number of likely N-dealkylation sites (N-methyl/N-ethyl adjacent to an activating group) is 1. The normalized spacial score (nSPS) is 28.5. The first-order chi connectivity index (χ1) is 14.2. The van der Waals surface area contributed by atoms with E-state index >= 15 is 0 Å².